The second-order valence-corrected chi connectivity index (χ2v) is 10.7. The van der Waals surface area contributed by atoms with Crippen molar-refractivity contribution in [2.75, 3.05) is 13.1 Å². The van der Waals surface area contributed by atoms with Crippen LogP contribution in [0.15, 0.2) is 17.3 Å². The maximum atomic E-state index is 12.2. The largest absolute Gasteiger partial charge is 0.484 e. The van der Waals surface area contributed by atoms with Gasteiger partial charge in [-0.25, -0.2) is 0 Å². The third-order valence-electron chi connectivity index (χ3n) is 8.84. The van der Waals surface area contributed by atoms with Gasteiger partial charge in [0.1, 0.15) is 11.8 Å². The van der Waals surface area contributed by atoms with Gasteiger partial charge in [-0.15, -0.1) is 4.91 Å². The van der Waals surface area contributed by atoms with Crippen LogP contribution in [0.1, 0.15) is 36.8 Å². The fraction of sp³-hybridized carbons (Fsp3) is 0.714. The summed E-state index contributed by atoms with van der Waals surface area (Å²) in [5, 5.41) is 26.3. The summed E-state index contributed by atoms with van der Waals surface area (Å²) in [7, 11) is 0. The summed E-state index contributed by atoms with van der Waals surface area (Å²) in [6.45, 7) is 1.96. The SMILES string of the molecule is O=Nc1ccc2c3c1OC1C(O)CC[C@@]4(O)C5N(CC6CC6)CC(C2)C5(S)C314. The fourth-order valence-corrected chi connectivity index (χ4v) is 8.87. The highest BCUT2D eigenvalue weighted by Gasteiger charge is 2.91. The minimum Gasteiger partial charge on any atom is -0.484 e. The van der Waals surface area contributed by atoms with Crippen LogP contribution in [0.2, 0.25) is 0 Å². The maximum absolute atomic E-state index is 12.2. The van der Waals surface area contributed by atoms with Gasteiger partial charge in [0.15, 0.2) is 5.75 Å². The highest BCUT2D eigenvalue weighted by Crippen LogP contribution is 2.79. The Kier molecular flexibility index (Phi) is 2.83. The first-order valence-electron chi connectivity index (χ1n) is 10.5. The van der Waals surface area contributed by atoms with Gasteiger partial charge in [-0.05, 0) is 60.7 Å². The molecule has 1 aromatic carbocycles. The molecule has 6 aliphatic rings. The highest BCUT2D eigenvalue weighted by atomic mass is 32.1. The van der Waals surface area contributed by atoms with E-state index in [0.29, 0.717) is 24.5 Å². The number of aliphatic hydroxyl groups excluding tert-OH is 1. The molecule has 1 spiro atoms. The molecule has 2 heterocycles. The summed E-state index contributed by atoms with van der Waals surface area (Å²) in [5.41, 5.74) is 0.539. The number of likely N-dealkylation sites (tertiary alicyclic amines) is 1. The molecule has 1 aromatic rings. The maximum Gasteiger partial charge on any atom is 0.153 e. The molecule has 6 nitrogen and oxygen atoms in total. The molecule has 7 rings (SSSR count). The van der Waals surface area contributed by atoms with Gasteiger partial charge in [0, 0.05) is 18.7 Å². The van der Waals surface area contributed by atoms with Gasteiger partial charge in [0.2, 0.25) is 0 Å². The Morgan fingerprint density at radius 3 is 2.89 bits per heavy atom. The number of thiol groups is 1. The number of fused-ring (bicyclic) bond motifs is 1. The summed E-state index contributed by atoms with van der Waals surface area (Å²) >= 11 is 5.34. The van der Waals surface area contributed by atoms with Crippen molar-refractivity contribution in [3.63, 3.8) is 0 Å². The number of nitroso groups, excluding NO2 is 1. The van der Waals surface area contributed by atoms with Crippen molar-refractivity contribution in [2.45, 2.75) is 66.1 Å². The molecular weight excluding hydrogens is 376 g/mol. The van der Waals surface area contributed by atoms with E-state index in [9.17, 15) is 15.1 Å². The smallest absolute Gasteiger partial charge is 0.153 e. The van der Waals surface area contributed by atoms with E-state index in [-0.39, 0.29) is 11.7 Å². The molecule has 7 atom stereocenters. The topological polar surface area (TPSA) is 82.4 Å². The van der Waals surface area contributed by atoms with E-state index in [0.717, 1.165) is 36.6 Å². The number of benzene rings is 1. The summed E-state index contributed by atoms with van der Waals surface area (Å²) in [5.74, 6) is 1.51. The lowest BCUT2D eigenvalue weighted by molar-refractivity contribution is -0.255. The lowest BCUT2D eigenvalue weighted by Crippen LogP contribution is -2.91. The second kappa shape index (κ2) is 4.77. The minimum absolute atomic E-state index is 0.0283. The van der Waals surface area contributed by atoms with Crippen molar-refractivity contribution in [1.82, 2.24) is 4.90 Å². The van der Waals surface area contributed by atoms with Crippen LogP contribution < -0.4 is 4.74 Å². The molecular formula is C21H24N2O4S. The van der Waals surface area contributed by atoms with Gasteiger partial charge >= 0.3 is 0 Å². The third-order valence-corrected chi connectivity index (χ3v) is 9.80. The summed E-state index contributed by atoms with van der Waals surface area (Å²) in [6.07, 6.45) is 3.21. The van der Waals surface area contributed by atoms with Crippen molar-refractivity contribution in [3.8, 4) is 5.75 Å². The first-order chi connectivity index (χ1) is 13.5. The second-order valence-electron chi connectivity index (χ2n) is 9.94. The van der Waals surface area contributed by atoms with E-state index >= 15 is 0 Å². The molecule has 28 heavy (non-hydrogen) atoms. The van der Waals surface area contributed by atoms with Gasteiger partial charge in [-0.3, -0.25) is 4.90 Å². The molecule has 3 saturated carbocycles. The van der Waals surface area contributed by atoms with E-state index in [1.54, 1.807) is 6.07 Å². The zero-order valence-electron chi connectivity index (χ0n) is 15.5. The van der Waals surface area contributed by atoms with E-state index in [1.807, 2.05) is 6.07 Å². The Bertz CT molecular complexity index is 937. The van der Waals surface area contributed by atoms with Gasteiger partial charge in [0.05, 0.1) is 27.9 Å². The van der Waals surface area contributed by atoms with Crippen LogP contribution in [0.3, 0.4) is 0 Å². The van der Waals surface area contributed by atoms with Crippen LogP contribution in [-0.4, -0.2) is 56.8 Å². The normalized spacial score (nSPS) is 49.8. The summed E-state index contributed by atoms with van der Waals surface area (Å²) < 4.78 is 5.82. The van der Waals surface area contributed by atoms with Crippen LogP contribution >= 0.6 is 12.6 Å². The van der Waals surface area contributed by atoms with Crippen molar-refractivity contribution in [3.05, 3.63) is 28.2 Å². The Morgan fingerprint density at radius 2 is 2.14 bits per heavy atom. The highest BCUT2D eigenvalue weighted by molar-refractivity contribution is 7.82. The van der Waals surface area contributed by atoms with E-state index in [1.165, 1.54) is 12.8 Å². The van der Waals surface area contributed by atoms with Gasteiger partial charge in [0.25, 0.3) is 0 Å². The number of rotatable bonds is 3. The van der Waals surface area contributed by atoms with Crippen molar-refractivity contribution in [1.29, 1.82) is 0 Å². The molecule has 6 unspecified atom stereocenters. The molecule has 7 heteroatoms. The molecule has 1 saturated heterocycles. The number of nitrogens with zero attached hydrogens (tertiary/aromatic N) is 2. The molecule has 4 fully saturated rings. The number of ether oxygens (including phenoxy) is 1. The number of hydrogen-bond donors (Lipinski definition) is 3. The predicted octanol–water partition coefficient (Wildman–Crippen LogP) is 1.92. The molecule has 2 aliphatic heterocycles. The monoisotopic (exact) mass is 400 g/mol. The van der Waals surface area contributed by atoms with Crippen LogP contribution in [0.4, 0.5) is 5.69 Å². The number of aliphatic hydroxyl groups is 2. The quantitative estimate of drug-likeness (QED) is 0.533. The summed E-state index contributed by atoms with van der Waals surface area (Å²) in [4.78, 5) is 14.0. The first-order valence-corrected chi connectivity index (χ1v) is 10.9. The average Bonchev–Trinajstić information content (AvgIpc) is 3.31. The molecule has 4 aliphatic carbocycles. The van der Waals surface area contributed by atoms with Crippen LogP contribution in [-0.2, 0) is 11.8 Å². The van der Waals surface area contributed by atoms with Gasteiger partial charge in [-0.1, -0.05) is 6.07 Å². The molecule has 0 radical (unpaired) electrons. The van der Waals surface area contributed by atoms with Crippen molar-refractivity contribution in [2.24, 2.45) is 17.0 Å². The van der Waals surface area contributed by atoms with Crippen molar-refractivity contribution < 1.29 is 14.9 Å². The molecule has 148 valence electrons. The first kappa shape index (κ1) is 16.6. The van der Waals surface area contributed by atoms with Gasteiger partial charge < -0.3 is 14.9 Å². The van der Waals surface area contributed by atoms with E-state index in [4.69, 9.17) is 17.4 Å². The molecule has 0 bridgehead atoms. The van der Waals surface area contributed by atoms with Crippen LogP contribution in [0, 0.1) is 16.7 Å². The van der Waals surface area contributed by atoms with Gasteiger partial charge in [-0.2, -0.15) is 12.6 Å². The predicted molar refractivity (Wildman–Crippen MR) is 105 cm³/mol. The Balaban J connectivity index is 1.50. The summed E-state index contributed by atoms with van der Waals surface area (Å²) in [6, 6.07) is 3.67. The molecule has 0 aromatic heterocycles. The number of hydrogen-bond acceptors (Lipinski definition) is 7. The average molecular weight is 401 g/mol. The molecule has 2 N–H and O–H groups in total. The van der Waals surface area contributed by atoms with Crippen molar-refractivity contribution >= 4 is 18.3 Å². The van der Waals surface area contributed by atoms with E-state index < -0.39 is 28.0 Å². The fourth-order valence-electron chi connectivity index (χ4n) is 7.89. The zero-order chi connectivity index (χ0) is 19.1. The molecule has 0 amide bonds. The minimum atomic E-state index is -0.996. The standard InChI is InChI=1S/C21H24N2O4S/c24-14-5-6-19(25)18-21(28)12(9-23(18)8-10-1-2-10)7-11-3-4-13(22-26)16-15(11)20(19,21)17(14)27-16/h3-4,10,12,14,17-18,24-25,28H,1-2,5-9H2/t12?,14?,17?,18?,19-,20?,21?/m1/s1. The lowest BCUT2D eigenvalue weighted by Gasteiger charge is -2.75. The third kappa shape index (κ3) is 1.45. The zero-order valence-corrected chi connectivity index (χ0v) is 16.4. The Morgan fingerprint density at radius 1 is 1.32 bits per heavy atom. The van der Waals surface area contributed by atoms with Crippen LogP contribution in [0.5, 0.6) is 5.75 Å². The van der Waals surface area contributed by atoms with Crippen LogP contribution in [0.25, 0.3) is 0 Å². The Hall–Kier alpha value is -1.15. The van der Waals surface area contributed by atoms with E-state index in [2.05, 4.69) is 10.1 Å². The lowest BCUT2D eigenvalue weighted by atomic mass is 9.35. The Labute approximate surface area is 168 Å².